The zero-order valence-electron chi connectivity index (χ0n) is 13.8. The zero-order chi connectivity index (χ0) is 17.7. The maximum Gasteiger partial charge on any atom is 0.312 e. The molecule has 1 unspecified atom stereocenters. The molecule has 0 saturated carbocycles. The van der Waals surface area contributed by atoms with Gasteiger partial charge in [0.2, 0.25) is 0 Å². The molecule has 0 radical (unpaired) electrons. The smallest absolute Gasteiger partial charge is 0.312 e. The highest BCUT2D eigenvalue weighted by molar-refractivity contribution is 5.39. The van der Waals surface area contributed by atoms with Gasteiger partial charge in [-0.15, -0.1) is 6.58 Å². The Labute approximate surface area is 140 Å². The van der Waals surface area contributed by atoms with Crippen molar-refractivity contribution >= 4 is 5.69 Å². The summed E-state index contributed by atoms with van der Waals surface area (Å²) in [6, 6.07) is 7.54. The van der Waals surface area contributed by atoms with Gasteiger partial charge in [0, 0.05) is 0 Å². The summed E-state index contributed by atoms with van der Waals surface area (Å²) in [4.78, 5) is 10.6. The van der Waals surface area contributed by atoms with E-state index in [0.29, 0.717) is 23.6 Å². The van der Waals surface area contributed by atoms with Crippen molar-refractivity contribution in [2.45, 2.75) is 32.9 Å². The second-order valence-corrected chi connectivity index (χ2v) is 5.52. The molecule has 0 aliphatic heterocycles. The van der Waals surface area contributed by atoms with Crippen LogP contribution in [0.2, 0.25) is 0 Å². The van der Waals surface area contributed by atoms with Crippen molar-refractivity contribution in [2.24, 2.45) is 0 Å². The second-order valence-electron chi connectivity index (χ2n) is 5.52. The van der Waals surface area contributed by atoms with Crippen LogP contribution in [0.3, 0.4) is 0 Å². The van der Waals surface area contributed by atoms with E-state index in [2.05, 4.69) is 11.7 Å². The molecule has 0 aliphatic rings. The first-order valence-electron chi connectivity index (χ1n) is 7.62. The fourth-order valence-electron chi connectivity index (χ4n) is 2.54. The van der Waals surface area contributed by atoms with Crippen LogP contribution < -0.4 is 4.74 Å². The van der Waals surface area contributed by atoms with E-state index in [1.807, 2.05) is 24.3 Å². The summed E-state index contributed by atoms with van der Waals surface area (Å²) < 4.78 is 7.12. The predicted molar refractivity (Wildman–Crippen MR) is 90.2 cm³/mol. The number of allylic oxidation sites excluding steroid dienone is 1. The molecule has 1 aromatic heterocycles. The number of para-hydroxylation sites is 1. The molecule has 128 valence electrons. The Balaban J connectivity index is 2.02. The van der Waals surface area contributed by atoms with E-state index in [1.54, 1.807) is 19.9 Å². The van der Waals surface area contributed by atoms with Gasteiger partial charge in [-0.3, -0.25) is 14.8 Å². The maximum absolute atomic E-state index is 11.0. The fourth-order valence-corrected chi connectivity index (χ4v) is 2.54. The minimum absolute atomic E-state index is 0.0144. The summed E-state index contributed by atoms with van der Waals surface area (Å²) in [5.41, 5.74) is 1.73. The van der Waals surface area contributed by atoms with Crippen LogP contribution in [-0.2, 0) is 13.0 Å². The van der Waals surface area contributed by atoms with Crippen LogP contribution in [0.25, 0.3) is 0 Å². The van der Waals surface area contributed by atoms with Gasteiger partial charge in [0.05, 0.1) is 11.5 Å². The van der Waals surface area contributed by atoms with E-state index >= 15 is 0 Å². The monoisotopic (exact) mass is 331 g/mol. The molecular formula is C17H21N3O4. The van der Waals surface area contributed by atoms with E-state index in [4.69, 9.17) is 4.74 Å². The Morgan fingerprint density at radius 3 is 2.79 bits per heavy atom. The molecular weight excluding hydrogens is 310 g/mol. The molecule has 1 heterocycles. The molecule has 0 aliphatic carbocycles. The molecule has 0 amide bonds. The molecule has 2 rings (SSSR count). The topological polar surface area (TPSA) is 90.4 Å². The average Bonchev–Trinajstić information content (AvgIpc) is 2.80. The van der Waals surface area contributed by atoms with Crippen LogP contribution in [-0.4, -0.2) is 32.5 Å². The van der Waals surface area contributed by atoms with Crippen molar-refractivity contribution in [1.82, 2.24) is 9.78 Å². The number of aryl methyl sites for hydroxylation is 1. The quantitative estimate of drug-likeness (QED) is 0.456. The van der Waals surface area contributed by atoms with Gasteiger partial charge in [-0.25, -0.2) is 0 Å². The summed E-state index contributed by atoms with van der Waals surface area (Å²) in [5.74, 6) is 0.691. The summed E-state index contributed by atoms with van der Waals surface area (Å²) in [5, 5.41) is 25.3. The van der Waals surface area contributed by atoms with Crippen LogP contribution in [0.15, 0.2) is 36.9 Å². The van der Waals surface area contributed by atoms with Crippen molar-refractivity contribution in [3.8, 4) is 5.75 Å². The Kier molecular flexibility index (Phi) is 5.70. The zero-order valence-corrected chi connectivity index (χ0v) is 13.8. The van der Waals surface area contributed by atoms with Gasteiger partial charge in [0.15, 0.2) is 0 Å². The lowest BCUT2D eigenvalue weighted by molar-refractivity contribution is -0.386. The molecule has 7 heteroatoms. The van der Waals surface area contributed by atoms with Crippen molar-refractivity contribution in [3.05, 3.63) is 64.0 Å². The highest BCUT2D eigenvalue weighted by atomic mass is 16.6. The third kappa shape index (κ3) is 3.99. The molecule has 0 spiro atoms. The highest BCUT2D eigenvalue weighted by Crippen LogP contribution is 2.22. The van der Waals surface area contributed by atoms with Crippen LogP contribution in [0.5, 0.6) is 5.75 Å². The number of ether oxygens (including phenoxy) is 1. The van der Waals surface area contributed by atoms with E-state index in [0.717, 1.165) is 5.56 Å². The molecule has 1 aromatic carbocycles. The standard InChI is InChI=1S/C17H21N3O4/c1-4-7-14-8-5-6-9-16(14)24-11-15(21)10-19-13(3)17(20(22)23)12(2)18-19/h4-6,8-9,15,21H,1,7,10-11H2,2-3H3. The Morgan fingerprint density at radius 2 is 2.17 bits per heavy atom. The fraction of sp³-hybridized carbons (Fsp3) is 0.353. The van der Waals surface area contributed by atoms with Gasteiger partial charge in [0.1, 0.15) is 29.8 Å². The molecule has 0 bridgehead atoms. The minimum Gasteiger partial charge on any atom is -0.491 e. The summed E-state index contributed by atoms with van der Waals surface area (Å²) in [6.45, 7) is 7.11. The van der Waals surface area contributed by atoms with Crippen LogP contribution >= 0.6 is 0 Å². The number of nitrogens with zero attached hydrogens (tertiary/aromatic N) is 3. The number of nitro groups is 1. The first-order valence-corrected chi connectivity index (χ1v) is 7.62. The van der Waals surface area contributed by atoms with Crippen molar-refractivity contribution in [3.63, 3.8) is 0 Å². The number of hydrogen-bond acceptors (Lipinski definition) is 5. The van der Waals surface area contributed by atoms with Gasteiger partial charge in [-0.2, -0.15) is 5.10 Å². The minimum atomic E-state index is -0.834. The number of rotatable bonds is 8. The van der Waals surface area contributed by atoms with E-state index < -0.39 is 11.0 Å². The predicted octanol–water partition coefficient (Wildman–Crippen LogP) is 2.58. The van der Waals surface area contributed by atoms with E-state index in [9.17, 15) is 15.2 Å². The Morgan fingerprint density at radius 1 is 1.46 bits per heavy atom. The lowest BCUT2D eigenvalue weighted by Crippen LogP contribution is -2.25. The SMILES string of the molecule is C=CCc1ccccc1OCC(O)Cn1nc(C)c([N+](=O)[O-])c1C. The number of aliphatic hydroxyl groups is 1. The summed E-state index contributed by atoms with van der Waals surface area (Å²) in [7, 11) is 0. The normalized spacial score (nSPS) is 12.0. The summed E-state index contributed by atoms with van der Waals surface area (Å²) in [6.07, 6.45) is 1.63. The van der Waals surface area contributed by atoms with Gasteiger partial charge in [-0.05, 0) is 31.9 Å². The van der Waals surface area contributed by atoms with Gasteiger partial charge < -0.3 is 9.84 Å². The second kappa shape index (κ2) is 7.74. The van der Waals surface area contributed by atoms with Crippen LogP contribution in [0.1, 0.15) is 17.0 Å². The number of benzene rings is 1. The Bertz CT molecular complexity index is 739. The highest BCUT2D eigenvalue weighted by Gasteiger charge is 2.23. The first kappa shape index (κ1) is 17.7. The molecule has 1 N–H and O–H groups in total. The van der Waals surface area contributed by atoms with Crippen LogP contribution in [0.4, 0.5) is 5.69 Å². The van der Waals surface area contributed by atoms with E-state index in [1.165, 1.54) is 4.68 Å². The van der Waals surface area contributed by atoms with Crippen LogP contribution in [0, 0.1) is 24.0 Å². The van der Waals surface area contributed by atoms with Gasteiger partial charge >= 0.3 is 5.69 Å². The number of aliphatic hydroxyl groups excluding tert-OH is 1. The molecule has 1 atom stereocenters. The lowest BCUT2D eigenvalue weighted by Gasteiger charge is -2.15. The first-order chi connectivity index (χ1) is 11.4. The molecule has 0 saturated heterocycles. The molecule has 24 heavy (non-hydrogen) atoms. The number of aromatic nitrogens is 2. The summed E-state index contributed by atoms with van der Waals surface area (Å²) >= 11 is 0. The van der Waals surface area contributed by atoms with Crippen molar-refractivity contribution < 1.29 is 14.8 Å². The average molecular weight is 331 g/mol. The third-order valence-electron chi connectivity index (χ3n) is 3.68. The van der Waals surface area contributed by atoms with Gasteiger partial charge in [0.25, 0.3) is 0 Å². The van der Waals surface area contributed by atoms with Gasteiger partial charge in [-0.1, -0.05) is 24.3 Å². The number of hydrogen-bond donors (Lipinski definition) is 1. The molecule has 0 fully saturated rings. The van der Waals surface area contributed by atoms with Crippen molar-refractivity contribution in [2.75, 3.05) is 6.61 Å². The van der Waals surface area contributed by atoms with E-state index in [-0.39, 0.29) is 18.8 Å². The molecule has 7 nitrogen and oxygen atoms in total. The Hall–Kier alpha value is -2.67. The van der Waals surface area contributed by atoms with Crippen molar-refractivity contribution in [1.29, 1.82) is 0 Å². The lowest BCUT2D eigenvalue weighted by atomic mass is 10.1. The molecule has 2 aromatic rings. The maximum atomic E-state index is 11.0. The third-order valence-corrected chi connectivity index (χ3v) is 3.68. The largest absolute Gasteiger partial charge is 0.491 e.